The van der Waals surface area contributed by atoms with E-state index in [9.17, 15) is 4.79 Å². The van der Waals surface area contributed by atoms with Crippen molar-refractivity contribution in [1.82, 2.24) is 19.9 Å². The fraction of sp³-hybridized carbons (Fsp3) is 0.500. The number of amides is 1. The topological polar surface area (TPSA) is 71.5 Å². The Morgan fingerprint density at radius 2 is 2.07 bits per heavy atom. The van der Waals surface area contributed by atoms with Crippen LogP contribution in [0.3, 0.4) is 0 Å². The van der Waals surface area contributed by atoms with Crippen molar-refractivity contribution in [2.75, 3.05) is 31.6 Å². The number of hydrogen-bond donors (Lipinski definition) is 0. The number of likely N-dealkylation sites (tertiary alicyclic amines) is 1. The maximum atomic E-state index is 12.5. The molecule has 4 rings (SSSR count). The predicted octanol–water partition coefficient (Wildman–Crippen LogP) is 2.29. The highest BCUT2D eigenvalue weighted by Gasteiger charge is 2.42. The van der Waals surface area contributed by atoms with Crippen LogP contribution < -0.4 is 9.64 Å². The fourth-order valence-electron chi connectivity index (χ4n) is 4.24. The molecule has 1 amide bonds. The first kappa shape index (κ1) is 17.7. The Kier molecular flexibility index (Phi) is 4.92. The van der Waals surface area contributed by atoms with Gasteiger partial charge >= 0.3 is 0 Å². The maximum absolute atomic E-state index is 12.5. The SMILES string of the molecule is COc1ccnc(N2CCCC3(CCC(=O)N(Cc4ccccn4)C3)C2)n1. The summed E-state index contributed by atoms with van der Waals surface area (Å²) in [6, 6.07) is 7.61. The van der Waals surface area contributed by atoms with Gasteiger partial charge in [0.1, 0.15) is 0 Å². The summed E-state index contributed by atoms with van der Waals surface area (Å²) < 4.78 is 5.24. The molecule has 7 heteroatoms. The van der Waals surface area contributed by atoms with Gasteiger partial charge in [-0.1, -0.05) is 6.07 Å². The second kappa shape index (κ2) is 7.50. The second-order valence-electron chi connectivity index (χ2n) is 7.49. The standard InChI is InChI=1S/C20H25N5O2/c1-27-17-7-11-22-19(23-17)24-12-4-8-20(14-24)9-6-18(26)25(15-20)13-16-5-2-3-10-21-16/h2-3,5,7,10-11H,4,6,8-9,12-15H2,1H3. The molecule has 1 atom stereocenters. The van der Waals surface area contributed by atoms with Crippen LogP contribution in [-0.4, -0.2) is 52.5 Å². The average molecular weight is 367 g/mol. The Hall–Kier alpha value is -2.70. The first-order valence-corrected chi connectivity index (χ1v) is 9.47. The molecule has 1 unspecified atom stereocenters. The summed E-state index contributed by atoms with van der Waals surface area (Å²) in [6.45, 7) is 3.15. The highest BCUT2D eigenvalue weighted by Crippen LogP contribution is 2.40. The van der Waals surface area contributed by atoms with Crippen molar-refractivity contribution >= 4 is 11.9 Å². The first-order valence-electron chi connectivity index (χ1n) is 9.47. The maximum Gasteiger partial charge on any atom is 0.228 e. The normalized spacial score (nSPS) is 22.9. The van der Waals surface area contributed by atoms with Crippen molar-refractivity contribution in [1.29, 1.82) is 0 Å². The summed E-state index contributed by atoms with van der Waals surface area (Å²) in [7, 11) is 1.62. The molecule has 2 aromatic rings. The molecule has 0 radical (unpaired) electrons. The molecule has 1 spiro atoms. The van der Waals surface area contributed by atoms with Gasteiger partial charge in [0.05, 0.1) is 19.3 Å². The van der Waals surface area contributed by atoms with E-state index in [1.54, 1.807) is 25.6 Å². The zero-order valence-electron chi connectivity index (χ0n) is 15.7. The molecule has 7 nitrogen and oxygen atoms in total. The largest absolute Gasteiger partial charge is 0.481 e. The molecule has 142 valence electrons. The van der Waals surface area contributed by atoms with Gasteiger partial charge < -0.3 is 14.5 Å². The highest BCUT2D eigenvalue weighted by molar-refractivity contribution is 5.77. The van der Waals surface area contributed by atoms with Crippen LogP contribution in [0.1, 0.15) is 31.4 Å². The van der Waals surface area contributed by atoms with E-state index in [1.807, 2.05) is 23.1 Å². The van der Waals surface area contributed by atoms with Crippen LogP contribution in [0.5, 0.6) is 5.88 Å². The molecule has 0 N–H and O–H groups in total. The van der Waals surface area contributed by atoms with E-state index in [-0.39, 0.29) is 11.3 Å². The van der Waals surface area contributed by atoms with Gasteiger partial charge in [0, 0.05) is 49.9 Å². The summed E-state index contributed by atoms with van der Waals surface area (Å²) in [6.07, 6.45) is 7.23. The number of piperidine rings is 2. The minimum Gasteiger partial charge on any atom is -0.481 e. The van der Waals surface area contributed by atoms with Crippen molar-refractivity contribution in [3.05, 3.63) is 42.4 Å². The van der Waals surface area contributed by atoms with E-state index in [0.29, 0.717) is 24.8 Å². The van der Waals surface area contributed by atoms with Crippen molar-refractivity contribution in [3.63, 3.8) is 0 Å². The number of carbonyl (C=O) groups is 1. The molecule has 4 heterocycles. The molecule has 2 aliphatic heterocycles. The minimum absolute atomic E-state index is 0.0907. The molecule has 2 fully saturated rings. The lowest BCUT2D eigenvalue weighted by molar-refractivity contribution is -0.138. The summed E-state index contributed by atoms with van der Waals surface area (Å²) in [5.74, 6) is 1.51. The lowest BCUT2D eigenvalue weighted by Crippen LogP contribution is -2.54. The number of carbonyl (C=O) groups excluding carboxylic acids is 1. The van der Waals surface area contributed by atoms with E-state index < -0.39 is 0 Å². The Balaban J connectivity index is 1.50. The summed E-state index contributed by atoms with van der Waals surface area (Å²) in [5.41, 5.74) is 1.03. The number of aromatic nitrogens is 3. The van der Waals surface area contributed by atoms with Gasteiger partial charge in [-0.25, -0.2) is 4.98 Å². The molecule has 27 heavy (non-hydrogen) atoms. The predicted molar refractivity (Wildman–Crippen MR) is 101 cm³/mol. The van der Waals surface area contributed by atoms with Crippen molar-refractivity contribution < 1.29 is 9.53 Å². The van der Waals surface area contributed by atoms with E-state index in [0.717, 1.165) is 44.6 Å². The second-order valence-corrected chi connectivity index (χ2v) is 7.49. The lowest BCUT2D eigenvalue weighted by atomic mass is 9.73. The van der Waals surface area contributed by atoms with E-state index in [1.165, 1.54) is 0 Å². The van der Waals surface area contributed by atoms with E-state index in [2.05, 4.69) is 19.9 Å². The monoisotopic (exact) mass is 367 g/mol. The molecular formula is C20H25N5O2. The quantitative estimate of drug-likeness (QED) is 0.826. The van der Waals surface area contributed by atoms with Crippen LogP contribution in [0.2, 0.25) is 0 Å². The van der Waals surface area contributed by atoms with Crippen LogP contribution in [0, 0.1) is 5.41 Å². The van der Waals surface area contributed by atoms with Crippen LogP contribution in [-0.2, 0) is 11.3 Å². The highest BCUT2D eigenvalue weighted by atomic mass is 16.5. The van der Waals surface area contributed by atoms with Crippen LogP contribution >= 0.6 is 0 Å². The average Bonchev–Trinajstić information content (AvgIpc) is 2.72. The summed E-state index contributed by atoms with van der Waals surface area (Å²) >= 11 is 0. The number of nitrogens with zero attached hydrogens (tertiary/aromatic N) is 5. The van der Waals surface area contributed by atoms with Gasteiger partial charge in [0.2, 0.25) is 17.7 Å². The lowest BCUT2D eigenvalue weighted by Gasteiger charge is -2.48. The third-order valence-electron chi connectivity index (χ3n) is 5.60. The Morgan fingerprint density at radius 3 is 2.89 bits per heavy atom. The summed E-state index contributed by atoms with van der Waals surface area (Å²) in [4.78, 5) is 30.0. The Bertz CT molecular complexity index is 800. The minimum atomic E-state index is 0.0907. The van der Waals surface area contributed by atoms with Crippen molar-refractivity contribution in [2.24, 2.45) is 5.41 Å². The smallest absolute Gasteiger partial charge is 0.228 e. The first-order chi connectivity index (χ1) is 13.2. The molecule has 0 saturated carbocycles. The number of ether oxygens (including phenoxy) is 1. The number of rotatable bonds is 4. The van der Waals surface area contributed by atoms with Gasteiger partial charge in [-0.15, -0.1) is 0 Å². The fourth-order valence-corrected chi connectivity index (χ4v) is 4.24. The Morgan fingerprint density at radius 1 is 1.15 bits per heavy atom. The van der Waals surface area contributed by atoms with Gasteiger partial charge in [-0.3, -0.25) is 9.78 Å². The molecule has 2 saturated heterocycles. The van der Waals surface area contributed by atoms with Gasteiger partial charge in [-0.05, 0) is 31.4 Å². The summed E-state index contributed by atoms with van der Waals surface area (Å²) in [5, 5.41) is 0. The Labute approximate surface area is 159 Å². The van der Waals surface area contributed by atoms with Gasteiger partial charge in [0.25, 0.3) is 0 Å². The number of pyridine rings is 1. The van der Waals surface area contributed by atoms with Crippen molar-refractivity contribution in [3.8, 4) is 5.88 Å². The molecule has 0 aromatic carbocycles. The van der Waals surface area contributed by atoms with E-state index >= 15 is 0 Å². The molecular weight excluding hydrogens is 342 g/mol. The van der Waals surface area contributed by atoms with Crippen LogP contribution in [0.15, 0.2) is 36.7 Å². The van der Waals surface area contributed by atoms with Crippen molar-refractivity contribution in [2.45, 2.75) is 32.2 Å². The number of methoxy groups -OCH3 is 1. The number of anilines is 1. The van der Waals surface area contributed by atoms with Crippen LogP contribution in [0.4, 0.5) is 5.95 Å². The molecule has 2 aromatic heterocycles. The third-order valence-corrected chi connectivity index (χ3v) is 5.60. The molecule has 0 aliphatic carbocycles. The van der Waals surface area contributed by atoms with Gasteiger partial charge in [-0.2, -0.15) is 4.98 Å². The zero-order valence-corrected chi connectivity index (χ0v) is 15.7. The zero-order chi connectivity index (χ0) is 18.7. The van der Waals surface area contributed by atoms with Gasteiger partial charge in [0.15, 0.2) is 0 Å². The molecule has 0 bridgehead atoms. The van der Waals surface area contributed by atoms with E-state index in [4.69, 9.17) is 4.74 Å². The van der Waals surface area contributed by atoms with Crippen LogP contribution in [0.25, 0.3) is 0 Å². The number of hydrogen-bond acceptors (Lipinski definition) is 6. The third kappa shape index (κ3) is 3.86. The molecule has 2 aliphatic rings.